The number of hydrogen-bond acceptors (Lipinski definition) is 4. The lowest BCUT2D eigenvalue weighted by atomic mass is 10.1. The van der Waals surface area contributed by atoms with Crippen molar-refractivity contribution in [2.75, 3.05) is 0 Å². The summed E-state index contributed by atoms with van der Waals surface area (Å²) < 4.78 is 5.48. The van der Waals surface area contributed by atoms with Crippen LogP contribution in [0.15, 0.2) is 36.4 Å². The normalized spacial score (nSPS) is 12.0. The van der Waals surface area contributed by atoms with E-state index in [2.05, 4.69) is 0 Å². The van der Waals surface area contributed by atoms with E-state index in [1.54, 1.807) is 12.1 Å². The predicted octanol–water partition coefficient (Wildman–Crippen LogP) is 4.75. The van der Waals surface area contributed by atoms with Crippen molar-refractivity contribution in [2.45, 2.75) is 13.0 Å². The fourth-order valence-electron chi connectivity index (χ4n) is 1.70. The Kier molecular flexibility index (Phi) is 4.67. The van der Waals surface area contributed by atoms with E-state index in [0.29, 0.717) is 10.6 Å². The Balaban J connectivity index is 2.41. The van der Waals surface area contributed by atoms with Crippen molar-refractivity contribution in [3.05, 3.63) is 62.1 Å². The number of nitro groups is 1. The number of benzene rings is 2. The molecule has 5 nitrogen and oxygen atoms in total. The first-order valence-electron chi connectivity index (χ1n) is 5.98. The topological polar surface area (TPSA) is 72.6 Å². The molecule has 0 spiro atoms. The zero-order chi connectivity index (χ0) is 15.6. The van der Waals surface area contributed by atoms with Gasteiger partial charge in [-0.05, 0) is 36.8 Å². The van der Waals surface area contributed by atoms with Gasteiger partial charge < -0.3 is 9.84 Å². The Morgan fingerprint density at radius 1 is 1.19 bits per heavy atom. The minimum Gasteiger partial charge on any atom is -0.449 e. The molecule has 0 saturated heterocycles. The third-order valence-corrected chi connectivity index (χ3v) is 3.31. The van der Waals surface area contributed by atoms with E-state index in [9.17, 15) is 15.2 Å². The van der Waals surface area contributed by atoms with E-state index in [1.165, 1.54) is 31.2 Å². The summed E-state index contributed by atoms with van der Waals surface area (Å²) in [5.74, 6) is 0.294. The number of nitrogens with zero attached hydrogens (tertiary/aromatic N) is 1. The highest BCUT2D eigenvalue weighted by atomic mass is 35.5. The predicted molar refractivity (Wildman–Crippen MR) is 80.3 cm³/mol. The molecule has 0 aromatic heterocycles. The lowest BCUT2D eigenvalue weighted by molar-refractivity contribution is -0.385. The van der Waals surface area contributed by atoms with Gasteiger partial charge in [0.2, 0.25) is 5.75 Å². The molecule has 1 N–H and O–H groups in total. The van der Waals surface area contributed by atoms with Crippen molar-refractivity contribution < 1.29 is 14.8 Å². The first kappa shape index (κ1) is 15.6. The molecule has 0 radical (unpaired) electrons. The molecule has 0 bridgehead atoms. The molecule has 1 atom stereocenters. The summed E-state index contributed by atoms with van der Waals surface area (Å²) in [6, 6.07) is 8.82. The Hall–Kier alpha value is -1.82. The number of aliphatic hydroxyl groups excluding tert-OH is 1. The Morgan fingerprint density at radius 3 is 2.43 bits per heavy atom. The lowest BCUT2D eigenvalue weighted by Crippen LogP contribution is -1.97. The minimum atomic E-state index is -0.808. The van der Waals surface area contributed by atoms with Crippen molar-refractivity contribution >= 4 is 28.9 Å². The number of rotatable bonds is 4. The largest absolute Gasteiger partial charge is 0.449 e. The molecular weight excluding hydrogens is 317 g/mol. The van der Waals surface area contributed by atoms with E-state index in [-0.39, 0.29) is 22.2 Å². The Labute approximate surface area is 130 Å². The number of nitro benzene ring substituents is 1. The summed E-state index contributed by atoms with van der Waals surface area (Å²) in [5.41, 5.74) is 0.177. The highest BCUT2D eigenvalue weighted by Crippen LogP contribution is 2.37. The molecule has 7 heteroatoms. The zero-order valence-corrected chi connectivity index (χ0v) is 12.4. The maximum absolute atomic E-state index is 11.1. The van der Waals surface area contributed by atoms with Crippen LogP contribution in [0.25, 0.3) is 0 Å². The van der Waals surface area contributed by atoms with Crippen molar-refractivity contribution in [2.24, 2.45) is 0 Å². The van der Waals surface area contributed by atoms with Gasteiger partial charge in [0.25, 0.3) is 0 Å². The molecule has 0 heterocycles. The van der Waals surface area contributed by atoms with E-state index >= 15 is 0 Å². The van der Waals surface area contributed by atoms with Crippen LogP contribution in [-0.2, 0) is 0 Å². The van der Waals surface area contributed by atoms with E-state index < -0.39 is 11.0 Å². The highest BCUT2D eigenvalue weighted by molar-refractivity contribution is 6.35. The maximum Gasteiger partial charge on any atom is 0.311 e. The van der Waals surface area contributed by atoms with E-state index in [4.69, 9.17) is 27.9 Å². The molecule has 0 fully saturated rings. The molecule has 110 valence electrons. The number of ether oxygens (including phenoxy) is 1. The highest BCUT2D eigenvalue weighted by Gasteiger charge is 2.19. The van der Waals surface area contributed by atoms with Crippen LogP contribution < -0.4 is 4.74 Å². The van der Waals surface area contributed by atoms with Gasteiger partial charge in [-0.3, -0.25) is 10.1 Å². The molecule has 21 heavy (non-hydrogen) atoms. The second-order valence-corrected chi connectivity index (χ2v) is 5.18. The van der Waals surface area contributed by atoms with Crippen molar-refractivity contribution in [3.8, 4) is 11.5 Å². The van der Waals surface area contributed by atoms with Crippen molar-refractivity contribution in [3.63, 3.8) is 0 Å². The average molecular weight is 328 g/mol. The van der Waals surface area contributed by atoms with E-state index in [1.807, 2.05) is 0 Å². The fourth-order valence-corrected chi connectivity index (χ4v) is 2.15. The SMILES string of the molecule is C[C@@H](O)c1ccc(Oc2ccc(Cl)cc2Cl)c([N+](=O)[O-])c1. The number of halogens is 2. The average Bonchev–Trinajstić information content (AvgIpc) is 2.41. The van der Waals surface area contributed by atoms with Crippen LogP contribution in [-0.4, -0.2) is 10.0 Å². The maximum atomic E-state index is 11.1. The van der Waals surface area contributed by atoms with Gasteiger partial charge in [0.15, 0.2) is 0 Å². The van der Waals surface area contributed by atoms with Gasteiger partial charge in [-0.15, -0.1) is 0 Å². The molecule has 2 aromatic carbocycles. The van der Waals surface area contributed by atoms with Crippen LogP contribution >= 0.6 is 23.2 Å². The van der Waals surface area contributed by atoms with Crippen molar-refractivity contribution in [1.82, 2.24) is 0 Å². The summed E-state index contributed by atoms with van der Waals surface area (Å²) in [7, 11) is 0. The second kappa shape index (κ2) is 6.30. The standard InChI is InChI=1S/C14H11Cl2NO4/c1-8(18)9-2-4-14(12(6-9)17(19)20)21-13-5-3-10(15)7-11(13)16/h2-8,18H,1H3/t8-/m1/s1. The summed E-state index contributed by atoms with van der Waals surface area (Å²) in [4.78, 5) is 10.5. The Bertz CT molecular complexity index is 689. The van der Waals surface area contributed by atoms with Gasteiger partial charge in [-0.1, -0.05) is 29.3 Å². The molecule has 0 aliphatic rings. The molecule has 0 aliphatic carbocycles. The van der Waals surface area contributed by atoms with Crippen LogP contribution in [0.3, 0.4) is 0 Å². The monoisotopic (exact) mass is 327 g/mol. The zero-order valence-electron chi connectivity index (χ0n) is 10.9. The minimum absolute atomic E-state index is 0.0358. The fraction of sp³-hybridized carbons (Fsp3) is 0.143. The number of hydrogen-bond donors (Lipinski definition) is 1. The van der Waals surface area contributed by atoms with Gasteiger partial charge in [0.05, 0.1) is 16.0 Å². The van der Waals surface area contributed by atoms with Gasteiger partial charge >= 0.3 is 5.69 Å². The third kappa shape index (κ3) is 3.64. The summed E-state index contributed by atoms with van der Waals surface area (Å²) in [6.07, 6.45) is -0.808. The van der Waals surface area contributed by atoms with Crippen LogP contribution in [0.5, 0.6) is 11.5 Å². The van der Waals surface area contributed by atoms with E-state index in [0.717, 1.165) is 0 Å². The smallest absolute Gasteiger partial charge is 0.311 e. The lowest BCUT2D eigenvalue weighted by Gasteiger charge is -2.10. The summed E-state index contributed by atoms with van der Waals surface area (Å²) in [5, 5.41) is 21.3. The van der Waals surface area contributed by atoms with Gasteiger partial charge in [0, 0.05) is 11.1 Å². The number of aliphatic hydroxyl groups is 1. The molecule has 0 unspecified atom stereocenters. The molecule has 0 saturated carbocycles. The van der Waals surface area contributed by atoms with Crippen molar-refractivity contribution in [1.29, 1.82) is 0 Å². The van der Waals surface area contributed by atoms with Gasteiger partial charge in [-0.25, -0.2) is 0 Å². The van der Waals surface area contributed by atoms with Crippen LogP contribution in [0.2, 0.25) is 10.0 Å². The summed E-state index contributed by atoms with van der Waals surface area (Å²) >= 11 is 11.8. The first-order valence-corrected chi connectivity index (χ1v) is 6.73. The third-order valence-electron chi connectivity index (χ3n) is 2.78. The Morgan fingerprint density at radius 2 is 1.86 bits per heavy atom. The summed E-state index contributed by atoms with van der Waals surface area (Å²) in [6.45, 7) is 1.52. The molecule has 2 rings (SSSR count). The quantitative estimate of drug-likeness (QED) is 0.649. The molecule has 0 aliphatic heterocycles. The molecular formula is C14H11Cl2NO4. The molecule has 0 amide bonds. The van der Waals surface area contributed by atoms with Gasteiger partial charge in [-0.2, -0.15) is 0 Å². The van der Waals surface area contributed by atoms with Crippen LogP contribution in [0, 0.1) is 10.1 Å². The first-order chi connectivity index (χ1) is 9.88. The van der Waals surface area contributed by atoms with Crippen LogP contribution in [0.4, 0.5) is 5.69 Å². The second-order valence-electron chi connectivity index (χ2n) is 4.34. The molecule has 2 aromatic rings. The van der Waals surface area contributed by atoms with Gasteiger partial charge in [0.1, 0.15) is 5.75 Å². The van der Waals surface area contributed by atoms with Crippen LogP contribution in [0.1, 0.15) is 18.6 Å².